The monoisotopic (exact) mass is 486 g/mol. The lowest BCUT2D eigenvalue weighted by atomic mass is 9.60. The lowest BCUT2D eigenvalue weighted by Crippen LogP contribution is -2.70. The molecule has 0 radical (unpaired) electrons. The smallest absolute Gasteiger partial charge is 0.270 e. The van der Waals surface area contributed by atoms with E-state index in [1.807, 2.05) is 6.07 Å². The van der Waals surface area contributed by atoms with Gasteiger partial charge in [-0.05, 0) is 63.3 Å². The number of nitrogens with zero attached hydrogens (tertiary/aromatic N) is 2. The first-order chi connectivity index (χ1) is 16.2. The molecule has 1 heterocycles. The van der Waals surface area contributed by atoms with Gasteiger partial charge in [0.05, 0.1) is 27.9 Å². The molecule has 3 aliphatic carbocycles. The van der Waals surface area contributed by atoms with Crippen LogP contribution in [0.15, 0.2) is 30.3 Å². The van der Waals surface area contributed by atoms with E-state index in [1.54, 1.807) is 13.0 Å². The van der Waals surface area contributed by atoms with Crippen molar-refractivity contribution in [2.45, 2.75) is 56.2 Å². The van der Waals surface area contributed by atoms with E-state index in [9.17, 15) is 19.1 Å². The van der Waals surface area contributed by atoms with Crippen LogP contribution in [-0.2, 0) is 4.79 Å². The Kier molecular flexibility index (Phi) is 6.47. The molecule has 0 aliphatic heterocycles. The van der Waals surface area contributed by atoms with E-state index in [-0.39, 0.29) is 35.4 Å². The first-order valence-corrected chi connectivity index (χ1v) is 11.3. The molecule has 1 aromatic heterocycles. The maximum absolute atomic E-state index is 13.5. The van der Waals surface area contributed by atoms with Crippen molar-refractivity contribution in [1.82, 2.24) is 15.6 Å². The zero-order chi connectivity index (χ0) is 24.5. The summed E-state index contributed by atoms with van der Waals surface area (Å²) < 4.78 is 18.9. The van der Waals surface area contributed by atoms with Crippen molar-refractivity contribution in [3.8, 4) is 11.8 Å². The third-order valence-corrected chi connectivity index (χ3v) is 7.09. The predicted molar refractivity (Wildman–Crippen MR) is 121 cm³/mol. The highest BCUT2D eigenvalue weighted by Gasteiger charge is 2.55. The van der Waals surface area contributed by atoms with E-state index >= 15 is 0 Å². The molecular weight excluding hydrogens is 463 g/mol. The summed E-state index contributed by atoms with van der Waals surface area (Å²) in [5.74, 6) is -1.25. The van der Waals surface area contributed by atoms with Gasteiger partial charge in [-0.1, -0.05) is 11.6 Å². The van der Waals surface area contributed by atoms with Crippen LogP contribution in [0.25, 0.3) is 0 Å². The van der Waals surface area contributed by atoms with Gasteiger partial charge in [-0.3, -0.25) is 9.59 Å². The van der Waals surface area contributed by atoms with Gasteiger partial charge in [0.2, 0.25) is 0 Å². The molecule has 3 fully saturated rings. The van der Waals surface area contributed by atoms with E-state index in [0.717, 1.165) is 6.07 Å². The summed E-state index contributed by atoms with van der Waals surface area (Å²) in [5, 5.41) is 25.8. The van der Waals surface area contributed by atoms with E-state index in [2.05, 4.69) is 15.6 Å². The van der Waals surface area contributed by atoms with Gasteiger partial charge in [-0.25, -0.2) is 9.37 Å². The molecule has 8 nitrogen and oxygen atoms in total. The molecule has 0 spiro atoms. The molecule has 2 amide bonds. The Balaban J connectivity index is 1.36. The first kappa shape index (κ1) is 23.9. The summed E-state index contributed by atoms with van der Waals surface area (Å²) in [6, 6.07) is 9.01. The second-order valence-corrected chi connectivity index (χ2v) is 9.37. The van der Waals surface area contributed by atoms with Gasteiger partial charge >= 0.3 is 0 Å². The molecule has 5 rings (SSSR count). The molecule has 3 N–H and O–H groups in total. The lowest BCUT2D eigenvalue weighted by molar-refractivity contribution is -0.132. The molecule has 0 unspecified atom stereocenters. The Hall–Kier alpha value is -3.22. The summed E-state index contributed by atoms with van der Waals surface area (Å²) >= 11 is 5.65. The number of ether oxygens (including phenoxy) is 1. The van der Waals surface area contributed by atoms with Crippen LogP contribution >= 0.6 is 11.6 Å². The van der Waals surface area contributed by atoms with Crippen molar-refractivity contribution in [2.24, 2.45) is 0 Å². The normalized spacial score (nSPS) is 25.3. The number of halogens is 2. The van der Waals surface area contributed by atoms with Crippen molar-refractivity contribution in [1.29, 1.82) is 5.26 Å². The van der Waals surface area contributed by atoms with Crippen LogP contribution in [0.1, 0.15) is 53.8 Å². The van der Waals surface area contributed by atoms with Crippen LogP contribution in [0, 0.1) is 24.1 Å². The van der Waals surface area contributed by atoms with Gasteiger partial charge in [0.25, 0.3) is 11.8 Å². The topological polar surface area (TPSA) is 124 Å². The molecule has 10 heteroatoms. The summed E-state index contributed by atoms with van der Waals surface area (Å²) in [6.07, 6.45) is 1.55. The van der Waals surface area contributed by atoms with Gasteiger partial charge in [-0.15, -0.1) is 0 Å². The van der Waals surface area contributed by atoms with Gasteiger partial charge in [0.15, 0.2) is 6.61 Å². The fourth-order valence-corrected chi connectivity index (χ4v) is 4.92. The number of aryl methyl sites for hydroxylation is 1. The second kappa shape index (κ2) is 9.20. The number of aliphatic hydroxyl groups excluding tert-OH is 1. The largest absolute Gasteiger partial charge is 0.484 e. The summed E-state index contributed by atoms with van der Waals surface area (Å²) in [4.78, 5) is 29.6. The Morgan fingerprint density at radius 1 is 1.26 bits per heavy atom. The predicted octanol–water partition coefficient (Wildman–Crippen LogP) is 2.80. The fourth-order valence-electron chi connectivity index (χ4n) is 4.80. The standard InChI is InChI=1S/C24H24ClFN4O4/c1-14-15(12-27)2-5-19(28-14)22(33)30-23-6-8-24(9-7-23,20(31)11-23)29-21(32)13-34-16-3-4-17(25)18(26)10-16/h2-5,10,20,31H,6-9,11,13H2,1H3,(H,29,32)(H,30,33)/t20-,23?,24?/m0/s1. The number of rotatable bonds is 6. The Morgan fingerprint density at radius 3 is 2.62 bits per heavy atom. The quantitative estimate of drug-likeness (QED) is 0.576. The molecule has 2 bridgehead atoms. The number of fused-ring (bicyclic) bond motifs is 3. The summed E-state index contributed by atoms with van der Waals surface area (Å²) in [7, 11) is 0. The van der Waals surface area contributed by atoms with E-state index in [1.165, 1.54) is 18.2 Å². The number of amides is 2. The van der Waals surface area contributed by atoms with Crippen molar-refractivity contribution < 1.29 is 23.8 Å². The van der Waals surface area contributed by atoms with Crippen molar-refractivity contribution in [3.05, 3.63) is 58.1 Å². The number of nitriles is 1. The maximum Gasteiger partial charge on any atom is 0.270 e. The SMILES string of the molecule is Cc1nc(C(=O)NC23CCC(NC(=O)COc4ccc(Cl)c(F)c4)(CC2)[C@@H](O)C3)ccc1C#N. The van der Waals surface area contributed by atoms with Crippen LogP contribution in [0.5, 0.6) is 5.75 Å². The third-order valence-electron chi connectivity index (χ3n) is 6.79. The minimum absolute atomic E-state index is 0.0381. The summed E-state index contributed by atoms with van der Waals surface area (Å²) in [5.41, 5.74) is -0.297. The van der Waals surface area contributed by atoms with E-state index in [0.29, 0.717) is 36.9 Å². The number of carbonyl (C=O) groups is 2. The Bertz CT molecular complexity index is 1170. The van der Waals surface area contributed by atoms with Crippen LogP contribution in [0.2, 0.25) is 5.02 Å². The van der Waals surface area contributed by atoms with Crippen molar-refractivity contribution in [3.63, 3.8) is 0 Å². The van der Waals surface area contributed by atoms with E-state index in [4.69, 9.17) is 21.6 Å². The lowest BCUT2D eigenvalue weighted by Gasteiger charge is -2.56. The minimum Gasteiger partial charge on any atom is -0.484 e. The maximum atomic E-state index is 13.5. The number of hydrogen-bond donors (Lipinski definition) is 3. The van der Waals surface area contributed by atoms with Crippen LogP contribution in [0.3, 0.4) is 0 Å². The highest BCUT2D eigenvalue weighted by atomic mass is 35.5. The molecule has 0 saturated heterocycles. The molecule has 3 saturated carbocycles. The highest BCUT2D eigenvalue weighted by Crippen LogP contribution is 2.47. The number of benzene rings is 1. The molecule has 34 heavy (non-hydrogen) atoms. The molecule has 2 aromatic rings. The zero-order valence-corrected chi connectivity index (χ0v) is 19.3. The van der Waals surface area contributed by atoms with Crippen LogP contribution < -0.4 is 15.4 Å². The van der Waals surface area contributed by atoms with Gasteiger partial charge in [0.1, 0.15) is 23.3 Å². The number of carbonyl (C=O) groups excluding carboxylic acids is 2. The molecule has 178 valence electrons. The van der Waals surface area contributed by atoms with Crippen molar-refractivity contribution >= 4 is 23.4 Å². The second-order valence-electron chi connectivity index (χ2n) is 8.96. The Labute approximate surface area is 201 Å². The van der Waals surface area contributed by atoms with Crippen LogP contribution in [-0.4, -0.2) is 45.7 Å². The fraction of sp³-hybridized carbons (Fsp3) is 0.417. The molecule has 3 aliphatic rings. The number of pyridine rings is 1. The summed E-state index contributed by atoms with van der Waals surface area (Å²) in [6.45, 7) is 1.34. The minimum atomic E-state index is -0.858. The number of aliphatic hydroxyl groups is 1. The number of aromatic nitrogens is 1. The van der Waals surface area contributed by atoms with Gasteiger partial charge in [-0.2, -0.15) is 5.26 Å². The molecule has 1 aromatic carbocycles. The molecular formula is C24H24ClFN4O4. The van der Waals surface area contributed by atoms with Gasteiger partial charge in [0, 0.05) is 11.6 Å². The van der Waals surface area contributed by atoms with Crippen LogP contribution in [0.4, 0.5) is 4.39 Å². The number of nitrogens with one attached hydrogen (secondary N) is 2. The zero-order valence-electron chi connectivity index (χ0n) is 18.5. The van der Waals surface area contributed by atoms with E-state index < -0.39 is 28.9 Å². The highest BCUT2D eigenvalue weighted by molar-refractivity contribution is 6.30. The van der Waals surface area contributed by atoms with Crippen molar-refractivity contribution in [2.75, 3.05) is 6.61 Å². The van der Waals surface area contributed by atoms with Gasteiger partial charge < -0.3 is 20.5 Å². The molecule has 1 atom stereocenters. The first-order valence-electron chi connectivity index (χ1n) is 10.9. The number of hydrogen-bond acceptors (Lipinski definition) is 6. The Morgan fingerprint density at radius 2 is 2.00 bits per heavy atom. The average Bonchev–Trinajstić information content (AvgIpc) is 2.81. The third kappa shape index (κ3) is 4.69. The average molecular weight is 487 g/mol.